The lowest BCUT2D eigenvalue weighted by atomic mass is 10.2. The summed E-state index contributed by atoms with van der Waals surface area (Å²) in [4.78, 5) is 0. The largest absolute Gasteiger partial charge is 0.505 e. The fourth-order valence-corrected chi connectivity index (χ4v) is 0.331. The molecule has 0 saturated carbocycles. The van der Waals surface area contributed by atoms with Crippen LogP contribution in [-0.4, -0.2) is 20.8 Å². The van der Waals surface area contributed by atoms with E-state index in [-0.39, 0.29) is 7.43 Å². The van der Waals surface area contributed by atoms with Crippen molar-refractivity contribution in [2.24, 2.45) is 5.92 Å². The summed E-state index contributed by atoms with van der Waals surface area (Å²) in [6.07, 6.45) is 3.25. The van der Waals surface area contributed by atoms with E-state index < -0.39 is 0 Å². The third-order valence-electron chi connectivity index (χ3n) is 0.999. The van der Waals surface area contributed by atoms with Gasteiger partial charge < -0.3 is 9.47 Å². The average Bonchev–Trinajstić information content (AvgIpc) is 2.05. The molecule has 0 N–H and O–H groups in total. The van der Waals surface area contributed by atoms with Gasteiger partial charge in [0.15, 0.2) is 0 Å². The number of ether oxygens (including phenoxy) is 2. The van der Waals surface area contributed by atoms with E-state index in [0.717, 1.165) is 6.61 Å². The molecule has 0 unspecified atom stereocenters. The molecule has 0 aliphatic carbocycles. The Labute approximate surface area is 76.9 Å². The van der Waals surface area contributed by atoms with E-state index in [1.54, 1.807) is 14.2 Å². The van der Waals surface area contributed by atoms with Crippen LogP contribution in [0.3, 0.4) is 0 Å². The van der Waals surface area contributed by atoms with Crippen LogP contribution in [0, 0.1) is 5.92 Å². The van der Waals surface area contributed by atoms with E-state index in [4.69, 9.17) is 4.74 Å². The maximum atomic E-state index is 4.82. The molecule has 0 spiro atoms. The SMILES string of the molecule is C.C=COC.C=C[C@H](C)COC. The van der Waals surface area contributed by atoms with Crippen molar-refractivity contribution in [1.29, 1.82) is 0 Å². The molecule has 0 aliphatic rings. The van der Waals surface area contributed by atoms with Gasteiger partial charge in [-0.15, -0.1) is 6.58 Å². The second-order valence-electron chi connectivity index (χ2n) is 2.07. The lowest BCUT2D eigenvalue weighted by Crippen LogP contribution is -1.97. The first-order valence-corrected chi connectivity index (χ1v) is 3.48. The number of hydrogen-bond acceptors (Lipinski definition) is 2. The summed E-state index contributed by atoms with van der Waals surface area (Å²) in [6, 6.07) is 0. The zero-order chi connectivity index (χ0) is 9.11. The van der Waals surface area contributed by atoms with E-state index in [1.807, 2.05) is 6.08 Å². The van der Waals surface area contributed by atoms with E-state index in [0.29, 0.717) is 5.92 Å². The third-order valence-corrected chi connectivity index (χ3v) is 0.999. The topological polar surface area (TPSA) is 18.5 Å². The number of hydrogen-bond donors (Lipinski definition) is 0. The molecule has 0 radical (unpaired) electrons. The molecule has 0 aromatic heterocycles. The average molecular weight is 174 g/mol. The van der Waals surface area contributed by atoms with Gasteiger partial charge in [0.05, 0.1) is 20.0 Å². The van der Waals surface area contributed by atoms with Crippen LogP contribution in [0.4, 0.5) is 0 Å². The highest BCUT2D eigenvalue weighted by molar-refractivity contribution is 4.73. The Kier molecular flexibility index (Phi) is 24.1. The van der Waals surface area contributed by atoms with E-state index in [1.165, 1.54) is 6.26 Å². The first kappa shape index (κ1) is 17.4. The van der Waals surface area contributed by atoms with Gasteiger partial charge >= 0.3 is 0 Å². The first-order chi connectivity index (χ1) is 5.22. The monoisotopic (exact) mass is 174 g/mol. The zero-order valence-electron chi connectivity index (χ0n) is 7.67. The van der Waals surface area contributed by atoms with Crippen LogP contribution in [0.1, 0.15) is 14.4 Å². The van der Waals surface area contributed by atoms with Crippen LogP contribution >= 0.6 is 0 Å². The molecule has 2 nitrogen and oxygen atoms in total. The third kappa shape index (κ3) is 22.8. The van der Waals surface area contributed by atoms with Crippen molar-refractivity contribution < 1.29 is 9.47 Å². The highest BCUT2D eigenvalue weighted by atomic mass is 16.5. The van der Waals surface area contributed by atoms with Crippen LogP contribution in [0.25, 0.3) is 0 Å². The summed E-state index contributed by atoms with van der Waals surface area (Å²) in [6.45, 7) is 9.70. The maximum absolute atomic E-state index is 4.82. The summed E-state index contributed by atoms with van der Waals surface area (Å²) in [5, 5.41) is 0. The second kappa shape index (κ2) is 16.7. The predicted octanol–water partition coefficient (Wildman–Crippen LogP) is 2.87. The Morgan fingerprint density at radius 3 is 1.83 bits per heavy atom. The van der Waals surface area contributed by atoms with Gasteiger partial charge in [-0.3, -0.25) is 0 Å². The molecule has 0 bridgehead atoms. The molecule has 0 aromatic carbocycles. The summed E-state index contributed by atoms with van der Waals surface area (Å²) < 4.78 is 9.13. The Balaban J connectivity index is -0.000000142. The summed E-state index contributed by atoms with van der Waals surface area (Å²) >= 11 is 0. The van der Waals surface area contributed by atoms with Crippen molar-refractivity contribution in [3.8, 4) is 0 Å². The van der Waals surface area contributed by atoms with Crippen LogP contribution in [0.2, 0.25) is 0 Å². The molecular formula is C10H22O2. The molecule has 0 amide bonds. The fourth-order valence-electron chi connectivity index (χ4n) is 0.331. The molecule has 0 aromatic rings. The van der Waals surface area contributed by atoms with Gasteiger partial charge in [0.25, 0.3) is 0 Å². The molecule has 0 saturated heterocycles. The van der Waals surface area contributed by atoms with E-state index >= 15 is 0 Å². The summed E-state index contributed by atoms with van der Waals surface area (Å²) in [5.41, 5.74) is 0. The molecule has 0 rings (SSSR count). The normalized spacial score (nSPS) is 9.58. The van der Waals surface area contributed by atoms with E-state index in [9.17, 15) is 0 Å². The van der Waals surface area contributed by atoms with Gasteiger partial charge in [-0.1, -0.05) is 27.0 Å². The van der Waals surface area contributed by atoms with Crippen molar-refractivity contribution in [3.05, 3.63) is 25.5 Å². The van der Waals surface area contributed by atoms with Gasteiger partial charge in [0, 0.05) is 7.11 Å². The molecule has 1 atom stereocenters. The lowest BCUT2D eigenvalue weighted by Gasteiger charge is -1.99. The Hall–Kier alpha value is -0.760. The van der Waals surface area contributed by atoms with Gasteiger partial charge in [-0.05, 0) is 5.92 Å². The van der Waals surface area contributed by atoms with Crippen molar-refractivity contribution in [2.75, 3.05) is 20.8 Å². The van der Waals surface area contributed by atoms with Crippen LogP contribution < -0.4 is 0 Å². The quantitative estimate of drug-likeness (QED) is 0.482. The Morgan fingerprint density at radius 2 is 1.75 bits per heavy atom. The fraction of sp³-hybridized carbons (Fsp3) is 0.600. The minimum atomic E-state index is 0. The highest BCUT2D eigenvalue weighted by Gasteiger charge is 1.89. The van der Waals surface area contributed by atoms with Crippen molar-refractivity contribution in [3.63, 3.8) is 0 Å². The lowest BCUT2D eigenvalue weighted by molar-refractivity contribution is 0.176. The molecule has 0 aliphatic heterocycles. The van der Waals surface area contributed by atoms with Crippen molar-refractivity contribution >= 4 is 0 Å². The van der Waals surface area contributed by atoms with Gasteiger partial charge in [-0.25, -0.2) is 0 Å². The van der Waals surface area contributed by atoms with Crippen molar-refractivity contribution in [1.82, 2.24) is 0 Å². The minimum absolute atomic E-state index is 0. The maximum Gasteiger partial charge on any atom is 0.0766 e. The Bertz CT molecular complexity index is 89.8. The predicted molar refractivity (Wildman–Crippen MR) is 55.2 cm³/mol. The highest BCUT2D eigenvalue weighted by Crippen LogP contribution is 1.92. The number of methoxy groups -OCH3 is 2. The van der Waals surface area contributed by atoms with Crippen LogP contribution in [0.5, 0.6) is 0 Å². The van der Waals surface area contributed by atoms with Crippen LogP contribution in [-0.2, 0) is 9.47 Å². The summed E-state index contributed by atoms with van der Waals surface area (Å²) in [7, 11) is 3.26. The molecule has 0 fully saturated rings. The zero-order valence-corrected chi connectivity index (χ0v) is 7.67. The van der Waals surface area contributed by atoms with Gasteiger partial charge in [0.1, 0.15) is 0 Å². The molecule has 12 heavy (non-hydrogen) atoms. The van der Waals surface area contributed by atoms with Gasteiger partial charge in [-0.2, -0.15) is 0 Å². The number of rotatable bonds is 4. The van der Waals surface area contributed by atoms with Gasteiger partial charge in [0.2, 0.25) is 0 Å². The van der Waals surface area contributed by atoms with E-state index in [2.05, 4.69) is 24.8 Å². The van der Waals surface area contributed by atoms with Crippen LogP contribution in [0.15, 0.2) is 25.5 Å². The molecule has 2 heteroatoms. The first-order valence-electron chi connectivity index (χ1n) is 3.48. The minimum Gasteiger partial charge on any atom is -0.505 e. The Morgan fingerprint density at radius 1 is 1.33 bits per heavy atom. The molecular weight excluding hydrogens is 152 g/mol. The second-order valence-corrected chi connectivity index (χ2v) is 2.07. The summed E-state index contributed by atoms with van der Waals surface area (Å²) in [5.74, 6) is 0.491. The van der Waals surface area contributed by atoms with Crippen molar-refractivity contribution in [2.45, 2.75) is 14.4 Å². The smallest absolute Gasteiger partial charge is 0.0766 e. The standard InChI is InChI=1S/C6H12O.C3H6O.CH4/c1-4-6(2)5-7-3;1-3-4-2;/h4,6H,1,5H2,2-3H3;3H,1H2,2H3;1H4/t6-;;/m0../s1. The molecule has 0 heterocycles. The molecule has 74 valence electrons.